The molecule has 31 heavy (non-hydrogen) atoms. The van der Waals surface area contributed by atoms with Gasteiger partial charge in [0.1, 0.15) is 0 Å². The van der Waals surface area contributed by atoms with Crippen LogP contribution in [0, 0.1) is 0 Å². The number of piperazine rings is 1. The standard InChI is InChI=1S/C24H30N4O3/c1-20(29)26-14-16-27(17-15-26)24(31)13-12-23(30)25-28(18-21-8-4-2-5-9-21)19-22-10-6-3-7-11-22/h2-11H,12-19H2,1H3,(H,25,30). The average molecular weight is 423 g/mol. The summed E-state index contributed by atoms with van der Waals surface area (Å²) in [6.45, 7) is 4.83. The van der Waals surface area contributed by atoms with E-state index in [1.165, 1.54) is 0 Å². The molecule has 3 rings (SSSR count). The van der Waals surface area contributed by atoms with Gasteiger partial charge in [-0.05, 0) is 11.1 Å². The smallest absolute Gasteiger partial charge is 0.234 e. The summed E-state index contributed by atoms with van der Waals surface area (Å²) in [7, 11) is 0. The van der Waals surface area contributed by atoms with Crippen molar-refractivity contribution in [2.24, 2.45) is 0 Å². The molecule has 2 aromatic rings. The topological polar surface area (TPSA) is 73.0 Å². The van der Waals surface area contributed by atoms with Crippen LogP contribution in [0.1, 0.15) is 30.9 Å². The van der Waals surface area contributed by atoms with Gasteiger partial charge >= 0.3 is 0 Å². The number of hydrogen-bond acceptors (Lipinski definition) is 4. The number of nitrogens with zero attached hydrogens (tertiary/aromatic N) is 3. The summed E-state index contributed by atoms with van der Waals surface area (Å²) >= 11 is 0. The Morgan fingerprint density at radius 3 is 1.74 bits per heavy atom. The Morgan fingerprint density at radius 1 is 0.774 bits per heavy atom. The van der Waals surface area contributed by atoms with Crippen LogP contribution in [0.15, 0.2) is 60.7 Å². The SMILES string of the molecule is CC(=O)N1CCN(C(=O)CCC(=O)NN(Cc2ccccc2)Cc2ccccc2)CC1. The third-order valence-corrected chi connectivity index (χ3v) is 5.36. The predicted molar refractivity (Wildman–Crippen MR) is 118 cm³/mol. The predicted octanol–water partition coefficient (Wildman–Crippen LogP) is 2.19. The van der Waals surface area contributed by atoms with E-state index < -0.39 is 0 Å². The first kappa shape index (κ1) is 22.5. The van der Waals surface area contributed by atoms with Crippen LogP contribution in [0.4, 0.5) is 0 Å². The molecule has 0 bridgehead atoms. The van der Waals surface area contributed by atoms with Crippen LogP contribution in [0.25, 0.3) is 0 Å². The van der Waals surface area contributed by atoms with Crippen LogP contribution in [-0.4, -0.2) is 58.7 Å². The first-order chi connectivity index (χ1) is 15.0. The number of rotatable bonds is 8. The van der Waals surface area contributed by atoms with Crippen molar-refractivity contribution in [3.05, 3.63) is 71.8 Å². The maximum absolute atomic E-state index is 12.6. The first-order valence-electron chi connectivity index (χ1n) is 10.7. The number of benzene rings is 2. The number of hydrazine groups is 1. The fourth-order valence-corrected chi connectivity index (χ4v) is 3.62. The molecule has 0 radical (unpaired) electrons. The van der Waals surface area contributed by atoms with Crippen LogP contribution in [0.3, 0.4) is 0 Å². The Bertz CT molecular complexity index is 823. The van der Waals surface area contributed by atoms with E-state index in [1.54, 1.807) is 16.7 Å². The maximum atomic E-state index is 12.6. The van der Waals surface area contributed by atoms with E-state index in [0.29, 0.717) is 39.3 Å². The van der Waals surface area contributed by atoms with Gasteiger partial charge in [0.05, 0.1) is 0 Å². The Hall–Kier alpha value is -3.19. The van der Waals surface area contributed by atoms with Gasteiger partial charge in [-0.1, -0.05) is 60.7 Å². The van der Waals surface area contributed by atoms with Crippen molar-refractivity contribution in [3.8, 4) is 0 Å². The molecule has 0 aliphatic carbocycles. The Morgan fingerprint density at radius 2 is 1.26 bits per heavy atom. The van der Waals surface area contributed by atoms with E-state index in [0.717, 1.165) is 11.1 Å². The monoisotopic (exact) mass is 422 g/mol. The van der Waals surface area contributed by atoms with Crippen molar-refractivity contribution in [2.45, 2.75) is 32.9 Å². The van der Waals surface area contributed by atoms with Crippen LogP contribution in [0.2, 0.25) is 0 Å². The van der Waals surface area contributed by atoms with E-state index in [4.69, 9.17) is 0 Å². The van der Waals surface area contributed by atoms with E-state index in [2.05, 4.69) is 5.43 Å². The minimum atomic E-state index is -0.178. The van der Waals surface area contributed by atoms with Crippen LogP contribution >= 0.6 is 0 Å². The van der Waals surface area contributed by atoms with Gasteiger partial charge in [-0.15, -0.1) is 0 Å². The third-order valence-electron chi connectivity index (χ3n) is 5.36. The van der Waals surface area contributed by atoms with Gasteiger partial charge in [0, 0.05) is 59.0 Å². The van der Waals surface area contributed by atoms with Crippen molar-refractivity contribution in [1.82, 2.24) is 20.2 Å². The fraction of sp³-hybridized carbons (Fsp3) is 0.375. The molecule has 7 nitrogen and oxygen atoms in total. The molecule has 0 aromatic heterocycles. The zero-order valence-corrected chi connectivity index (χ0v) is 18.0. The summed E-state index contributed by atoms with van der Waals surface area (Å²) in [5.74, 6) is -0.193. The second kappa shape index (κ2) is 11.3. The lowest BCUT2D eigenvalue weighted by Gasteiger charge is -2.34. The normalized spacial score (nSPS) is 13.9. The number of amides is 3. The Labute approximate surface area is 183 Å². The highest BCUT2D eigenvalue weighted by molar-refractivity contribution is 5.83. The van der Waals surface area contributed by atoms with Crippen LogP contribution in [0.5, 0.6) is 0 Å². The molecule has 0 unspecified atom stereocenters. The van der Waals surface area contributed by atoms with Gasteiger partial charge in [-0.2, -0.15) is 0 Å². The van der Waals surface area contributed by atoms with Crippen LogP contribution < -0.4 is 5.43 Å². The molecule has 1 saturated heterocycles. The van der Waals surface area contributed by atoms with Gasteiger partial charge < -0.3 is 9.80 Å². The molecule has 0 spiro atoms. The summed E-state index contributed by atoms with van der Waals surface area (Å²) in [6.07, 6.45) is 0.294. The van der Waals surface area contributed by atoms with Crippen LogP contribution in [-0.2, 0) is 27.5 Å². The third kappa shape index (κ3) is 7.22. The lowest BCUT2D eigenvalue weighted by Crippen LogP contribution is -2.50. The Balaban J connectivity index is 1.51. The van der Waals surface area contributed by atoms with Gasteiger partial charge in [0.2, 0.25) is 17.7 Å². The highest BCUT2D eigenvalue weighted by Gasteiger charge is 2.22. The molecule has 7 heteroatoms. The van der Waals surface area contributed by atoms with Crippen molar-refractivity contribution in [3.63, 3.8) is 0 Å². The van der Waals surface area contributed by atoms with E-state index in [1.807, 2.05) is 65.7 Å². The summed E-state index contributed by atoms with van der Waals surface area (Å²) < 4.78 is 0. The second-order valence-electron chi connectivity index (χ2n) is 7.75. The lowest BCUT2D eigenvalue weighted by atomic mass is 10.2. The average Bonchev–Trinajstić information content (AvgIpc) is 2.79. The molecule has 2 aromatic carbocycles. The lowest BCUT2D eigenvalue weighted by molar-refractivity contribution is -0.139. The minimum Gasteiger partial charge on any atom is -0.339 e. The Kier molecular flexibility index (Phi) is 8.18. The van der Waals surface area contributed by atoms with Crippen molar-refractivity contribution >= 4 is 17.7 Å². The molecule has 164 valence electrons. The van der Waals surface area contributed by atoms with Crippen molar-refractivity contribution < 1.29 is 14.4 Å². The summed E-state index contributed by atoms with van der Waals surface area (Å²) in [5, 5.41) is 1.88. The molecule has 1 aliphatic heterocycles. The van der Waals surface area contributed by atoms with E-state index in [9.17, 15) is 14.4 Å². The molecule has 1 aliphatic rings. The summed E-state index contributed by atoms with van der Waals surface area (Å²) in [5.41, 5.74) is 5.16. The molecule has 0 atom stereocenters. The second-order valence-corrected chi connectivity index (χ2v) is 7.75. The highest BCUT2D eigenvalue weighted by Crippen LogP contribution is 2.09. The van der Waals surface area contributed by atoms with Crippen molar-refractivity contribution in [1.29, 1.82) is 0 Å². The fourth-order valence-electron chi connectivity index (χ4n) is 3.62. The molecular weight excluding hydrogens is 392 g/mol. The van der Waals surface area contributed by atoms with Crippen molar-refractivity contribution in [2.75, 3.05) is 26.2 Å². The summed E-state index contributed by atoms with van der Waals surface area (Å²) in [6, 6.07) is 19.9. The van der Waals surface area contributed by atoms with E-state index >= 15 is 0 Å². The first-order valence-corrected chi connectivity index (χ1v) is 10.7. The molecule has 3 amide bonds. The van der Waals surface area contributed by atoms with Gasteiger partial charge in [-0.3, -0.25) is 19.8 Å². The zero-order valence-electron chi connectivity index (χ0n) is 18.0. The number of nitrogens with one attached hydrogen (secondary N) is 1. The largest absolute Gasteiger partial charge is 0.339 e. The van der Waals surface area contributed by atoms with Gasteiger partial charge in [0.25, 0.3) is 0 Å². The van der Waals surface area contributed by atoms with Gasteiger partial charge in [0.15, 0.2) is 0 Å². The van der Waals surface area contributed by atoms with E-state index in [-0.39, 0.29) is 30.6 Å². The number of carbonyl (C=O) groups excluding carboxylic acids is 3. The maximum Gasteiger partial charge on any atom is 0.234 e. The molecular formula is C24H30N4O3. The minimum absolute atomic E-state index is 0.0309. The zero-order chi connectivity index (χ0) is 22.1. The molecule has 1 heterocycles. The quantitative estimate of drug-likeness (QED) is 0.662. The number of hydrogen-bond donors (Lipinski definition) is 1. The summed E-state index contributed by atoms with van der Waals surface area (Å²) in [4.78, 5) is 40.0. The molecule has 1 N–H and O–H groups in total. The number of carbonyl (C=O) groups is 3. The molecule has 1 fully saturated rings. The van der Waals surface area contributed by atoms with Gasteiger partial charge in [-0.25, -0.2) is 5.01 Å². The highest BCUT2D eigenvalue weighted by atomic mass is 16.2. The molecule has 0 saturated carbocycles.